The molecule has 0 N–H and O–H groups in total. The van der Waals surface area contributed by atoms with Gasteiger partial charge in [-0.2, -0.15) is 5.26 Å². The van der Waals surface area contributed by atoms with Crippen LogP contribution in [0.1, 0.15) is 12.0 Å². The van der Waals surface area contributed by atoms with E-state index in [9.17, 15) is 10.1 Å². The van der Waals surface area contributed by atoms with E-state index in [2.05, 4.69) is 19.2 Å². The third-order valence-corrected chi connectivity index (χ3v) is 2.78. The Kier molecular flexibility index (Phi) is 5.56. The number of carbonyl (C=O) groups excluding carboxylic acids is 1. The molecule has 1 atom stereocenters. The van der Waals surface area contributed by atoms with Gasteiger partial charge in [0.05, 0.1) is 6.07 Å². The van der Waals surface area contributed by atoms with Crippen molar-refractivity contribution in [1.29, 1.82) is 5.26 Å². The second-order valence-electron chi connectivity index (χ2n) is 4.24. The number of hydrogen-bond donors (Lipinski definition) is 0. The molecule has 1 aromatic carbocycles. The van der Waals surface area contributed by atoms with Gasteiger partial charge in [0, 0.05) is 6.42 Å². The number of nitrogens with zero attached hydrogens (tertiary/aromatic N) is 1. The van der Waals surface area contributed by atoms with E-state index in [4.69, 9.17) is 4.74 Å². The van der Waals surface area contributed by atoms with Gasteiger partial charge in [-0.15, -0.1) is 6.58 Å². The highest BCUT2D eigenvalue weighted by atomic mass is 16.5. The Bertz CT molecular complexity index is 487. The van der Waals surface area contributed by atoms with Gasteiger partial charge in [-0.1, -0.05) is 49.1 Å². The number of ether oxygens (including phenoxy) is 1. The Morgan fingerprint density at radius 3 is 2.53 bits per heavy atom. The van der Waals surface area contributed by atoms with Crippen LogP contribution in [0.15, 0.2) is 55.6 Å². The Hall–Kier alpha value is -2.34. The Balaban J connectivity index is 2.98. The summed E-state index contributed by atoms with van der Waals surface area (Å²) in [6.07, 6.45) is 3.62. The van der Waals surface area contributed by atoms with E-state index in [-0.39, 0.29) is 13.0 Å². The number of rotatable bonds is 7. The Morgan fingerprint density at radius 2 is 2.00 bits per heavy atom. The first-order chi connectivity index (χ1) is 9.18. The number of benzene rings is 1. The lowest BCUT2D eigenvalue weighted by molar-refractivity contribution is -0.151. The maximum absolute atomic E-state index is 12.1. The van der Waals surface area contributed by atoms with Crippen LogP contribution in [-0.4, -0.2) is 12.6 Å². The minimum atomic E-state index is -1.22. The van der Waals surface area contributed by atoms with Crippen molar-refractivity contribution in [3.63, 3.8) is 0 Å². The molecular formula is C16H17NO2. The largest absolute Gasteiger partial charge is 0.460 e. The van der Waals surface area contributed by atoms with Crippen LogP contribution in [0, 0.1) is 16.7 Å². The van der Waals surface area contributed by atoms with E-state index >= 15 is 0 Å². The van der Waals surface area contributed by atoms with Crippen LogP contribution in [-0.2, 0) is 16.0 Å². The van der Waals surface area contributed by atoms with Gasteiger partial charge in [-0.25, -0.2) is 0 Å². The first-order valence-corrected chi connectivity index (χ1v) is 6.02. The monoisotopic (exact) mass is 255 g/mol. The molecule has 0 heterocycles. The molecule has 3 heteroatoms. The fourth-order valence-corrected chi connectivity index (χ4v) is 1.82. The summed E-state index contributed by atoms with van der Waals surface area (Å²) in [6.45, 7) is 7.21. The SMILES string of the molecule is C=CCOC(=O)C(C#N)(CC=C)Cc1ccccc1. The van der Waals surface area contributed by atoms with E-state index in [1.807, 2.05) is 30.3 Å². The molecule has 19 heavy (non-hydrogen) atoms. The molecule has 0 amide bonds. The standard InChI is InChI=1S/C16H17NO2/c1-3-10-16(13-17,15(18)19-11-4-2)12-14-8-6-5-7-9-14/h3-9H,1-2,10-12H2. The molecule has 0 aliphatic carbocycles. The normalized spacial score (nSPS) is 12.8. The van der Waals surface area contributed by atoms with Crippen molar-refractivity contribution < 1.29 is 9.53 Å². The number of allylic oxidation sites excluding steroid dienone is 1. The van der Waals surface area contributed by atoms with Crippen molar-refractivity contribution in [2.75, 3.05) is 6.61 Å². The van der Waals surface area contributed by atoms with Gasteiger partial charge in [0.2, 0.25) is 0 Å². The zero-order chi connectivity index (χ0) is 14.1. The van der Waals surface area contributed by atoms with Gasteiger partial charge in [0.15, 0.2) is 5.41 Å². The van der Waals surface area contributed by atoms with Crippen molar-refractivity contribution >= 4 is 5.97 Å². The molecule has 98 valence electrons. The van der Waals surface area contributed by atoms with Gasteiger partial charge < -0.3 is 4.74 Å². The quantitative estimate of drug-likeness (QED) is 0.556. The first-order valence-electron chi connectivity index (χ1n) is 6.02. The molecule has 0 fully saturated rings. The highest BCUT2D eigenvalue weighted by Crippen LogP contribution is 2.29. The van der Waals surface area contributed by atoms with Gasteiger partial charge in [0.25, 0.3) is 0 Å². The Labute approximate surface area is 113 Å². The first kappa shape index (κ1) is 14.7. The molecule has 0 aliphatic heterocycles. The van der Waals surface area contributed by atoms with Crippen LogP contribution in [0.4, 0.5) is 0 Å². The summed E-state index contributed by atoms with van der Waals surface area (Å²) < 4.78 is 5.05. The van der Waals surface area contributed by atoms with E-state index in [0.29, 0.717) is 6.42 Å². The summed E-state index contributed by atoms with van der Waals surface area (Å²) in [7, 11) is 0. The minimum Gasteiger partial charge on any atom is -0.460 e. The summed E-state index contributed by atoms with van der Waals surface area (Å²) in [5, 5.41) is 9.41. The lowest BCUT2D eigenvalue weighted by Crippen LogP contribution is -2.33. The van der Waals surface area contributed by atoms with Crippen LogP contribution in [0.5, 0.6) is 0 Å². The van der Waals surface area contributed by atoms with Gasteiger partial charge >= 0.3 is 5.97 Å². The topological polar surface area (TPSA) is 50.1 Å². The number of carbonyl (C=O) groups is 1. The predicted octanol–water partition coefficient (Wildman–Crippen LogP) is 3.04. The molecule has 1 rings (SSSR count). The van der Waals surface area contributed by atoms with Crippen LogP contribution < -0.4 is 0 Å². The lowest BCUT2D eigenvalue weighted by Gasteiger charge is -2.23. The van der Waals surface area contributed by atoms with Gasteiger partial charge in [-0.3, -0.25) is 4.79 Å². The summed E-state index contributed by atoms with van der Waals surface area (Å²) >= 11 is 0. The average molecular weight is 255 g/mol. The Morgan fingerprint density at radius 1 is 1.32 bits per heavy atom. The van der Waals surface area contributed by atoms with Crippen molar-refractivity contribution in [3.8, 4) is 6.07 Å². The van der Waals surface area contributed by atoms with E-state index < -0.39 is 11.4 Å². The van der Waals surface area contributed by atoms with E-state index in [1.54, 1.807) is 6.08 Å². The predicted molar refractivity (Wildman–Crippen MR) is 74.2 cm³/mol. The van der Waals surface area contributed by atoms with Gasteiger partial charge in [0.1, 0.15) is 6.61 Å². The molecule has 0 saturated heterocycles. The molecule has 0 aliphatic rings. The molecule has 0 spiro atoms. The number of hydrogen-bond acceptors (Lipinski definition) is 3. The molecule has 0 bridgehead atoms. The fourth-order valence-electron chi connectivity index (χ4n) is 1.82. The number of nitriles is 1. The second kappa shape index (κ2) is 7.17. The zero-order valence-corrected chi connectivity index (χ0v) is 10.8. The average Bonchev–Trinajstić information content (AvgIpc) is 2.45. The highest BCUT2D eigenvalue weighted by Gasteiger charge is 2.39. The van der Waals surface area contributed by atoms with Crippen molar-refractivity contribution in [1.82, 2.24) is 0 Å². The summed E-state index contributed by atoms with van der Waals surface area (Å²) in [4.78, 5) is 12.1. The maximum atomic E-state index is 12.1. The zero-order valence-electron chi connectivity index (χ0n) is 10.8. The van der Waals surface area contributed by atoms with Crippen LogP contribution >= 0.6 is 0 Å². The molecule has 1 aromatic rings. The minimum absolute atomic E-state index is 0.105. The fraction of sp³-hybridized carbons (Fsp3) is 0.250. The van der Waals surface area contributed by atoms with Crippen molar-refractivity contribution in [3.05, 3.63) is 61.2 Å². The van der Waals surface area contributed by atoms with Gasteiger partial charge in [-0.05, 0) is 12.0 Å². The molecule has 3 nitrogen and oxygen atoms in total. The van der Waals surface area contributed by atoms with Crippen LogP contribution in [0.25, 0.3) is 0 Å². The molecular weight excluding hydrogens is 238 g/mol. The highest BCUT2D eigenvalue weighted by molar-refractivity contribution is 5.80. The molecule has 0 saturated carbocycles. The molecule has 0 radical (unpaired) electrons. The van der Waals surface area contributed by atoms with Crippen LogP contribution in [0.3, 0.4) is 0 Å². The lowest BCUT2D eigenvalue weighted by atomic mass is 9.80. The van der Waals surface area contributed by atoms with Crippen molar-refractivity contribution in [2.24, 2.45) is 5.41 Å². The summed E-state index contributed by atoms with van der Waals surface area (Å²) in [6, 6.07) is 11.5. The summed E-state index contributed by atoms with van der Waals surface area (Å²) in [5.41, 5.74) is -0.298. The smallest absolute Gasteiger partial charge is 0.327 e. The maximum Gasteiger partial charge on any atom is 0.327 e. The van der Waals surface area contributed by atoms with Crippen LogP contribution in [0.2, 0.25) is 0 Å². The van der Waals surface area contributed by atoms with E-state index in [1.165, 1.54) is 6.08 Å². The second-order valence-corrected chi connectivity index (χ2v) is 4.24. The van der Waals surface area contributed by atoms with E-state index in [0.717, 1.165) is 5.56 Å². The molecule has 0 aromatic heterocycles. The summed E-state index contributed by atoms with van der Waals surface area (Å²) in [5.74, 6) is -0.529. The number of esters is 1. The molecule has 1 unspecified atom stereocenters. The third kappa shape index (κ3) is 3.82. The van der Waals surface area contributed by atoms with Crippen molar-refractivity contribution in [2.45, 2.75) is 12.8 Å². The third-order valence-electron chi connectivity index (χ3n) is 2.78.